The third-order valence-corrected chi connectivity index (χ3v) is 6.52. The standard InChI is InChI=1S/C26H34N6O5/c1-6-19-14-26(19,23(34)36-7-2)27-22(33)20-13-18(16-31(20)24(35)37-25(3,4)5)21-28-30-32(29-21)15-17-11-9-8-10-12-17/h6,8-12,18-20H,1,7,13-16H2,2-5H3,(H,27,33)/t18-,19-,20-,26-/m1/s1. The first kappa shape index (κ1) is 26.3. The summed E-state index contributed by atoms with van der Waals surface area (Å²) in [6, 6.07) is 8.87. The number of ether oxygens (including phenoxy) is 2. The van der Waals surface area contributed by atoms with Gasteiger partial charge in [-0.1, -0.05) is 36.4 Å². The van der Waals surface area contributed by atoms with Crippen molar-refractivity contribution in [2.45, 2.75) is 70.2 Å². The fraction of sp³-hybridized carbons (Fsp3) is 0.538. The molecule has 198 valence electrons. The number of carbonyl (C=O) groups is 3. The predicted molar refractivity (Wildman–Crippen MR) is 133 cm³/mol. The molecule has 1 saturated carbocycles. The summed E-state index contributed by atoms with van der Waals surface area (Å²) < 4.78 is 10.8. The summed E-state index contributed by atoms with van der Waals surface area (Å²) in [7, 11) is 0. The number of hydrogen-bond donors (Lipinski definition) is 1. The minimum Gasteiger partial charge on any atom is -0.464 e. The van der Waals surface area contributed by atoms with Crippen molar-refractivity contribution in [2.24, 2.45) is 5.92 Å². The zero-order chi connectivity index (χ0) is 26.8. The minimum absolute atomic E-state index is 0.182. The van der Waals surface area contributed by atoms with Gasteiger partial charge in [0, 0.05) is 18.4 Å². The molecule has 0 bridgehead atoms. The van der Waals surface area contributed by atoms with Crippen molar-refractivity contribution in [3.05, 3.63) is 54.4 Å². The van der Waals surface area contributed by atoms with Crippen LogP contribution in [0.2, 0.25) is 0 Å². The van der Waals surface area contributed by atoms with Crippen LogP contribution in [-0.4, -0.2) is 73.4 Å². The van der Waals surface area contributed by atoms with Crippen LogP contribution in [0.4, 0.5) is 4.79 Å². The number of tetrazole rings is 1. The van der Waals surface area contributed by atoms with Gasteiger partial charge in [0.1, 0.15) is 17.2 Å². The van der Waals surface area contributed by atoms with Gasteiger partial charge in [-0.25, -0.2) is 9.59 Å². The summed E-state index contributed by atoms with van der Waals surface area (Å²) >= 11 is 0. The second-order valence-corrected chi connectivity index (χ2v) is 10.5. The monoisotopic (exact) mass is 510 g/mol. The molecular formula is C26H34N6O5. The Morgan fingerprint density at radius 3 is 2.59 bits per heavy atom. The molecule has 1 aromatic carbocycles. The summed E-state index contributed by atoms with van der Waals surface area (Å²) in [6.45, 7) is 11.6. The van der Waals surface area contributed by atoms with Gasteiger partial charge in [-0.05, 0) is 51.3 Å². The molecule has 11 nitrogen and oxygen atoms in total. The van der Waals surface area contributed by atoms with Crippen LogP contribution >= 0.6 is 0 Å². The summed E-state index contributed by atoms with van der Waals surface area (Å²) in [6.07, 6.45) is 1.68. The molecule has 1 N–H and O–H groups in total. The van der Waals surface area contributed by atoms with Gasteiger partial charge in [-0.3, -0.25) is 9.69 Å². The molecule has 1 aliphatic heterocycles. The first-order valence-electron chi connectivity index (χ1n) is 12.5. The molecule has 2 aliphatic rings. The number of esters is 1. The van der Waals surface area contributed by atoms with Crippen molar-refractivity contribution in [1.29, 1.82) is 0 Å². The van der Waals surface area contributed by atoms with Crippen LogP contribution in [0.15, 0.2) is 43.0 Å². The maximum absolute atomic E-state index is 13.5. The van der Waals surface area contributed by atoms with Crippen LogP contribution < -0.4 is 5.32 Å². The number of rotatable bonds is 8. The zero-order valence-corrected chi connectivity index (χ0v) is 21.7. The highest BCUT2D eigenvalue weighted by Gasteiger charge is 2.62. The third kappa shape index (κ3) is 5.81. The van der Waals surface area contributed by atoms with Crippen molar-refractivity contribution < 1.29 is 23.9 Å². The molecule has 1 aromatic heterocycles. The second-order valence-electron chi connectivity index (χ2n) is 10.5. The lowest BCUT2D eigenvalue weighted by atomic mass is 10.0. The molecule has 1 saturated heterocycles. The van der Waals surface area contributed by atoms with E-state index in [2.05, 4.69) is 27.3 Å². The molecule has 2 amide bonds. The molecule has 0 radical (unpaired) electrons. The van der Waals surface area contributed by atoms with E-state index < -0.39 is 35.2 Å². The number of benzene rings is 1. The zero-order valence-electron chi connectivity index (χ0n) is 21.7. The van der Waals surface area contributed by atoms with Gasteiger partial charge >= 0.3 is 12.1 Å². The lowest BCUT2D eigenvalue weighted by molar-refractivity contribution is -0.149. The molecule has 0 spiro atoms. The minimum atomic E-state index is -1.16. The summed E-state index contributed by atoms with van der Waals surface area (Å²) in [4.78, 5) is 42.1. The van der Waals surface area contributed by atoms with E-state index in [4.69, 9.17) is 9.47 Å². The highest BCUT2D eigenvalue weighted by atomic mass is 16.6. The molecule has 4 atom stereocenters. The average Bonchev–Trinajstić information content (AvgIpc) is 3.16. The Hall–Kier alpha value is -3.76. The van der Waals surface area contributed by atoms with Gasteiger partial charge in [-0.2, -0.15) is 4.80 Å². The van der Waals surface area contributed by atoms with Gasteiger partial charge in [0.15, 0.2) is 5.82 Å². The molecule has 2 heterocycles. The topological polar surface area (TPSA) is 129 Å². The number of hydrogen-bond acceptors (Lipinski definition) is 8. The first-order chi connectivity index (χ1) is 17.6. The SMILES string of the molecule is C=C[C@@H]1C[C@]1(NC(=O)[C@H]1C[C@@H](c2nnn(Cc3ccccc3)n2)CN1C(=O)OC(C)(C)C)C(=O)OCC. The van der Waals surface area contributed by atoms with E-state index >= 15 is 0 Å². The first-order valence-corrected chi connectivity index (χ1v) is 12.5. The summed E-state index contributed by atoms with van der Waals surface area (Å²) in [5.74, 6) is -1.09. The average molecular weight is 511 g/mol. The van der Waals surface area contributed by atoms with E-state index in [9.17, 15) is 14.4 Å². The van der Waals surface area contributed by atoms with E-state index in [0.717, 1.165) is 5.56 Å². The molecular weight excluding hydrogens is 476 g/mol. The van der Waals surface area contributed by atoms with Gasteiger partial charge in [0.25, 0.3) is 0 Å². The fourth-order valence-corrected chi connectivity index (χ4v) is 4.59. The molecule has 37 heavy (non-hydrogen) atoms. The normalized spacial score (nSPS) is 24.9. The Labute approximate surface area is 216 Å². The molecule has 1 aliphatic carbocycles. The van der Waals surface area contributed by atoms with Crippen molar-refractivity contribution in [3.8, 4) is 0 Å². The largest absolute Gasteiger partial charge is 0.464 e. The highest BCUT2D eigenvalue weighted by molar-refractivity contribution is 5.95. The lowest BCUT2D eigenvalue weighted by Gasteiger charge is -2.29. The molecule has 2 fully saturated rings. The van der Waals surface area contributed by atoms with Crippen molar-refractivity contribution in [2.75, 3.05) is 13.2 Å². The van der Waals surface area contributed by atoms with E-state index in [0.29, 0.717) is 18.8 Å². The Morgan fingerprint density at radius 2 is 1.97 bits per heavy atom. The van der Waals surface area contributed by atoms with E-state index in [1.807, 2.05) is 30.3 Å². The highest BCUT2D eigenvalue weighted by Crippen LogP contribution is 2.46. The third-order valence-electron chi connectivity index (χ3n) is 6.52. The smallest absolute Gasteiger partial charge is 0.410 e. The Balaban J connectivity index is 1.53. The van der Waals surface area contributed by atoms with Gasteiger partial charge in [0.05, 0.1) is 13.2 Å². The summed E-state index contributed by atoms with van der Waals surface area (Å²) in [5.41, 5.74) is -0.885. The molecule has 11 heteroatoms. The van der Waals surface area contributed by atoms with Crippen LogP contribution in [0.1, 0.15) is 57.8 Å². The number of nitrogens with zero attached hydrogens (tertiary/aromatic N) is 5. The van der Waals surface area contributed by atoms with Crippen molar-refractivity contribution >= 4 is 18.0 Å². The van der Waals surface area contributed by atoms with Crippen LogP contribution in [0.5, 0.6) is 0 Å². The van der Waals surface area contributed by atoms with Gasteiger partial charge in [-0.15, -0.1) is 16.8 Å². The van der Waals surface area contributed by atoms with Crippen LogP contribution in [-0.2, 0) is 25.6 Å². The number of likely N-dealkylation sites (tertiary alicyclic amines) is 1. The summed E-state index contributed by atoms with van der Waals surface area (Å²) in [5, 5.41) is 15.7. The number of aromatic nitrogens is 4. The second kappa shape index (κ2) is 10.3. The van der Waals surface area contributed by atoms with Gasteiger partial charge in [0.2, 0.25) is 5.91 Å². The maximum atomic E-state index is 13.5. The maximum Gasteiger partial charge on any atom is 0.410 e. The number of nitrogens with one attached hydrogen (secondary N) is 1. The van der Waals surface area contributed by atoms with E-state index in [-0.39, 0.29) is 31.4 Å². The van der Waals surface area contributed by atoms with Crippen LogP contribution in [0, 0.1) is 5.92 Å². The van der Waals surface area contributed by atoms with Gasteiger partial charge < -0.3 is 14.8 Å². The van der Waals surface area contributed by atoms with Crippen molar-refractivity contribution in [3.63, 3.8) is 0 Å². The lowest BCUT2D eigenvalue weighted by Crippen LogP contribution is -2.53. The Morgan fingerprint density at radius 1 is 1.24 bits per heavy atom. The van der Waals surface area contributed by atoms with Crippen LogP contribution in [0.3, 0.4) is 0 Å². The van der Waals surface area contributed by atoms with E-state index in [1.165, 1.54) is 9.70 Å². The number of amides is 2. The van der Waals surface area contributed by atoms with E-state index in [1.54, 1.807) is 33.8 Å². The molecule has 4 rings (SSSR count). The van der Waals surface area contributed by atoms with Crippen molar-refractivity contribution in [1.82, 2.24) is 30.4 Å². The Bertz CT molecular complexity index is 1160. The quantitative estimate of drug-likeness (QED) is 0.424. The predicted octanol–water partition coefficient (Wildman–Crippen LogP) is 2.44. The van der Waals surface area contributed by atoms with Crippen LogP contribution in [0.25, 0.3) is 0 Å². The fourth-order valence-electron chi connectivity index (χ4n) is 4.59. The molecule has 0 unspecified atom stereocenters. The number of carbonyl (C=O) groups excluding carboxylic acids is 3. The molecule has 2 aromatic rings. The Kier molecular flexibility index (Phi) is 7.33.